The predicted octanol–water partition coefficient (Wildman–Crippen LogP) is 1.16. The van der Waals surface area contributed by atoms with Gasteiger partial charge in [0, 0.05) is 12.7 Å². The van der Waals surface area contributed by atoms with Crippen LogP contribution in [0.3, 0.4) is 0 Å². The first-order valence-electron chi connectivity index (χ1n) is 5.26. The van der Waals surface area contributed by atoms with Crippen LogP contribution in [-0.4, -0.2) is 26.1 Å². The fourth-order valence-electron chi connectivity index (χ4n) is 1.36. The van der Waals surface area contributed by atoms with Gasteiger partial charge in [-0.1, -0.05) is 12.1 Å². The van der Waals surface area contributed by atoms with E-state index in [1.807, 2.05) is 6.07 Å². The van der Waals surface area contributed by atoms with E-state index in [0.717, 1.165) is 5.56 Å². The van der Waals surface area contributed by atoms with Crippen LogP contribution in [0.25, 0.3) is 0 Å². The zero-order valence-corrected chi connectivity index (χ0v) is 10.1. The molecule has 0 aliphatic heterocycles. The van der Waals surface area contributed by atoms with Gasteiger partial charge in [-0.05, 0) is 31.0 Å². The first kappa shape index (κ1) is 12.7. The standard InChI is InChI=1S/C12H19N3O/c1-9-4-5-11(8-10(9)2)12(15-13)14-6-7-16-3/h4-5,8H,6-7,13H2,1-3H3,(H,14,15). The van der Waals surface area contributed by atoms with Crippen LogP contribution in [0.5, 0.6) is 0 Å². The number of aryl methyl sites for hydroxylation is 2. The second-order valence-corrected chi connectivity index (χ2v) is 3.67. The molecule has 88 valence electrons. The third-order valence-electron chi connectivity index (χ3n) is 2.48. The number of hydrazine groups is 1. The molecule has 0 atom stereocenters. The van der Waals surface area contributed by atoms with Gasteiger partial charge >= 0.3 is 0 Å². The lowest BCUT2D eigenvalue weighted by Gasteiger charge is -2.08. The molecule has 0 fully saturated rings. The van der Waals surface area contributed by atoms with E-state index in [1.165, 1.54) is 11.1 Å². The number of nitrogens with zero attached hydrogens (tertiary/aromatic N) is 1. The first-order valence-corrected chi connectivity index (χ1v) is 5.26. The third-order valence-corrected chi connectivity index (χ3v) is 2.48. The highest BCUT2D eigenvalue weighted by Crippen LogP contribution is 2.09. The van der Waals surface area contributed by atoms with Crippen molar-refractivity contribution in [3.63, 3.8) is 0 Å². The molecule has 0 heterocycles. The number of hydrogen-bond acceptors (Lipinski definition) is 3. The van der Waals surface area contributed by atoms with Crippen molar-refractivity contribution >= 4 is 5.84 Å². The molecule has 1 aromatic rings. The van der Waals surface area contributed by atoms with Crippen molar-refractivity contribution < 1.29 is 4.74 Å². The largest absolute Gasteiger partial charge is 0.383 e. The highest BCUT2D eigenvalue weighted by Gasteiger charge is 2.02. The van der Waals surface area contributed by atoms with Crippen molar-refractivity contribution in [2.24, 2.45) is 10.8 Å². The number of aliphatic imine (C=N–C) groups is 1. The molecule has 16 heavy (non-hydrogen) atoms. The number of methoxy groups -OCH3 is 1. The van der Waals surface area contributed by atoms with Gasteiger partial charge in [0.2, 0.25) is 0 Å². The topological polar surface area (TPSA) is 59.6 Å². The Morgan fingerprint density at radius 1 is 1.38 bits per heavy atom. The monoisotopic (exact) mass is 221 g/mol. The van der Waals surface area contributed by atoms with E-state index in [0.29, 0.717) is 19.0 Å². The minimum atomic E-state index is 0.593. The summed E-state index contributed by atoms with van der Waals surface area (Å²) in [4.78, 5) is 4.33. The molecule has 3 N–H and O–H groups in total. The molecule has 0 aromatic heterocycles. The molecule has 0 aliphatic rings. The Kier molecular flexibility index (Phi) is 4.95. The summed E-state index contributed by atoms with van der Waals surface area (Å²) in [6.45, 7) is 5.35. The van der Waals surface area contributed by atoms with E-state index >= 15 is 0 Å². The maximum atomic E-state index is 5.45. The van der Waals surface area contributed by atoms with E-state index in [9.17, 15) is 0 Å². The molecular formula is C12H19N3O. The van der Waals surface area contributed by atoms with E-state index in [1.54, 1.807) is 7.11 Å². The molecule has 0 saturated heterocycles. The van der Waals surface area contributed by atoms with Gasteiger partial charge in [0.05, 0.1) is 13.2 Å². The van der Waals surface area contributed by atoms with Crippen LogP contribution in [0.1, 0.15) is 16.7 Å². The number of nitrogens with one attached hydrogen (secondary N) is 1. The average molecular weight is 221 g/mol. The predicted molar refractivity (Wildman–Crippen MR) is 66.5 cm³/mol. The van der Waals surface area contributed by atoms with E-state index in [4.69, 9.17) is 10.6 Å². The van der Waals surface area contributed by atoms with Gasteiger partial charge in [-0.3, -0.25) is 4.99 Å². The summed E-state index contributed by atoms with van der Waals surface area (Å²) in [7, 11) is 1.65. The quantitative estimate of drug-likeness (QED) is 0.264. The molecule has 0 aliphatic carbocycles. The summed E-state index contributed by atoms with van der Waals surface area (Å²) in [5.74, 6) is 6.15. The van der Waals surface area contributed by atoms with Crippen molar-refractivity contribution in [2.75, 3.05) is 20.3 Å². The van der Waals surface area contributed by atoms with Crippen LogP contribution in [0.15, 0.2) is 23.2 Å². The van der Waals surface area contributed by atoms with Crippen LogP contribution in [0, 0.1) is 13.8 Å². The van der Waals surface area contributed by atoms with Gasteiger partial charge in [0.1, 0.15) is 5.84 Å². The zero-order chi connectivity index (χ0) is 12.0. The second kappa shape index (κ2) is 6.25. The molecule has 0 saturated carbocycles. The number of amidine groups is 1. The maximum absolute atomic E-state index is 5.45. The molecule has 1 aromatic carbocycles. The molecule has 1 rings (SSSR count). The lowest BCUT2D eigenvalue weighted by atomic mass is 10.1. The van der Waals surface area contributed by atoms with Gasteiger partial charge < -0.3 is 10.2 Å². The van der Waals surface area contributed by atoms with E-state index < -0.39 is 0 Å². The van der Waals surface area contributed by atoms with Crippen LogP contribution in [0.4, 0.5) is 0 Å². The Labute approximate surface area is 96.5 Å². The summed E-state index contributed by atoms with van der Waals surface area (Å²) >= 11 is 0. The molecule has 4 nitrogen and oxygen atoms in total. The van der Waals surface area contributed by atoms with Crippen LogP contribution < -0.4 is 11.3 Å². The molecule has 0 amide bonds. The molecular weight excluding hydrogens is 202 g/mol. The number of rotatable bonds is 4. The van der Waals surface area contributed by atoms with Crippen molar-refractivity contribution in [2.45, 2.75) is 13.8 Å². The molecule has 4 heteroatoms. The van der Waals surface area contributed by atoms with Gasteiger partial charge in [-0.15, -0.1) is 0 Å². The number of hydrogen-bond donors (Lipinski definition) is 2. The second-order valence-electron chi connectivity index (χ2n) is 3.67. The fraction of sp³-hybridized carbons (Fsp3) is 0.417. The van der Waals surface area contributed by atoms with Gasteiger partial charge in [0.25, 0.3) is 0 Å². The Bertz CT molecular complexity index is 375. The summed E-state index contributed by atoms with van der Waals surface area (Å²) in [5.41, 5.74) is 6.11. The lowest BCUT2D eigenvalue weighted by Crippen LogP contribution is -2.31. The summed E-state index contributed by atoms with van der Waals surface area (Å²) in [6, 6.07) is 6.14. The highest BCUT2D eigenvalue weighted by molar-refractivity contribution is 5.98. The highest BCUT2D eigenvalue weighted by atomic mass is 16.5. The third kappa shape index (κ3) is 3.32. The molecule has 0 unspecified atom stereocenters. The smallest absolute Gasteiger partial charge is 0.142 e. The van der Waals surface area contributed by atoms with Gasteiger partial charge in [-0.2, -0.15) is 0 Å². The van der Waals surface area contributed by atoms with Crippen molar-refractivity contribution in [1.29, 1.82) is 0 Å². The molecule has 0 bridgehead atoms. The van der Waals surface area contributed by atoms with Crippen LogP contribution >= 0.6 is 0 Å². The van der Waals surface area contributed by atoms with Crippen LogP contribution in [0.2, 0.25) is 0 Å². The van der Waals surface area contributed by atoms with E-state index in [-0.39, 0.29) is 0 Å². The minimum Gasteiger partial charge on any atom is -0.383 e. The average Bonchev–Trinajstić information content (AvgIpc) is 2.29. The zero-order valence-electron chi connectivity index (χ0n) is 10.1. The Hall–Kier alpha value is -1.39. The van der Waals surface area contributed by atoms with Crippen molar-refractivity contribution in [1.82, 2.24) is 5.43 Å². The maximum Gasteiger partial charge on any atom is 0.142 e. The summed E-state index contributed by atoms with van der Waals surface area (Å²) in [6.07, 6.45) is 0. The number of benzene rings is 1. The number of ether oxygens (including phenoxy) is 1. The van der Waals surface area contributed by atoms with Gasteiger partial charge in [0.15, 0.2) is 0 Å². The Morgan fingerprint density at radius 2 is 2.12 bits per heavy atom. The van der Waals surface area contributed by atoms with Gasteiger partial charge in [-0.25, -0.2) is 5.84 Å². The summed E-state index contributed by atoms with van der Waals surface area (Å²) in [5, 5.41) is 0. The summed E-state index contributed by atoms with van der Waals surface area (Å²) < 4.78 is 4.94. The normalized spacial score (nSPS) is 11.6. The lowest BCUT2D eigenvalue weighted by molar-refractivity contribution is 0.208. The molecule has 0 spiro atoms. The number of nitrogens with two attached hydrogens (primary N) is 1. The Morgan fingerprint density at radius 3 is 2.69 bits per heavy atom. The minimum absolute atomic E-state index is 0.593. The fourth-order valence-corrected chi connectivity index (χ4v) is 1.36. The first-order chi connectivity index (χ1) is 7.69. The van der Waals surface area contributed by atoms with Crippen LogP contribution in [-0.2, 0) is 4.74 Å². The van der Waals surface area contributed by atoms with E-state index in [2.05, 4.69) is 36.4 Å². The molecule has 0 radical (unpaired) electrons. The van der Waals surface area contributed by atoms with Crippen molar-refractivity contribution in [3.05, 3.63) is 34.9 Å². The Balaban J connectivity index is 2.86. The van der Waals surface area contributed by atoms with Crippen molar-refractivity contribution in [3.8, 4) is 0 Å². The SMILES string of the molecule is COCCN=C(NN)c1ccc(C)c(C)c1.